The van der Waals surface area contributed by atoms with Gasteiger partial charge in [-0.1, -0.05) is 0 Å². The van der Waals surface area contributed by atoms with E-state index in [2.05, 4.69) is 15.0 Å². The maximum atomic E-state index is 10.7. The van der Waals surface area contributed by atoms with Crippen molar-refractivity contribution in [2.75, 3.05) is 0 Å². The molecular formula is C11H9N3O2. The van der Waals surface area contributed by atoms with Crippen LogP contribution in [0, 0.1) is 0 Å². The van der Waals surface area contributed by atoms with Crippen molar-refractivity contribution in [1.82, 2.24) is 15.0 Å². The lowest BCUT2D eigenvalue weighted by molar-refractivity contribution is -0.136. The highest BCUT2D eigenvalue weighted by atomic mass is 16.4. The zero-order valence-corrected chi connectivity index (χ0v) is 8.37. The first-order chi connectivity index (χ1) is 7.77. The largest absolute Gasteiger partial charge is 0.481 e. The summed E-state index contributed by atoms with van der Waals surface area (Å²) >= 11 is 0. The van der Waals surface area contributed by atoms with Crippen LogP contribution in [-0.2, 0) is 11.2 Å². The van der Waals surface area contributed by atoms with Gasteiger partial charge in [0.25, 0.3) is 0 Å². The highest BCUT2D eigenvalue weighted by Crippen LogP contribution is 2.19. The predicted octanol–water partition coefficient (Wildman–Crippen LogP) is 1.17. The van der Waals surface area contributed by atoms with Crippen molar-refractivity contribution < 1.29 is 9.90 Å². The molecule has 5 heteroatoms. The molecule has 0 amide bonds. The number of aromatic nitrogens is 3. The van der Waals surface area contributed by atoms with Crippen molar-refractivity contribution in [3.8, 4) is 11.3 Å². The minimum atomic E-state index is -0.891. The van der Waals surface area contributed by atoms with Crippen molar-refractivity contribution in [3.63, 3.8) is 0 Å². The molecule has 16 heavy (non-hydrogen) atoms. The number of rotatable bonds is 3. The molecule has 0 aromatic carbocycles. The molecule has 0 bridgehead atoms. The molecule has 0 atom stereocenters. The molecule has 2 aromatic heterocycles. The molecule has 2 aromatic rings. The van der Waals surface area contributed by atoms with Crippen LogP contribution in [0.3, 0.4) is 0 Å². The van der Waals surface area contributed by atoms with E-state index in [1.807, 2.05) is 0 Å². The normalized spacial score (nSPS) is 10.0. The van der Waals surface area contributed by atoms with Crippen LogP contribution in [0.15, 0.2) is 37.1 Å². The van der Waals surface area contributed by atoms with Crippen LogP contribution in [0.5, 0.6) is 0 Å². The Labute approximate surface area is 91.8 Å². The van der Waals surface area contributed by atoms with Gasteiger partial charge in [-0.2, -0.15) is 0 Å². The first-order valence-electron chi connectivity index (χ1n) is 4.68. The third kappa shape index (κ3) is 2.20. The Morgan fingerprint density at radius 3 is 2.69 bits per heavy atom. The highest BCUT2D eigenvalue weighted by Gasteiger charge is 2.09. The predicted molar refractivity (Wildman–Crippen MR) is 56.6 cm³/mol. The number of carbonyl (C=O) groups is 1. The van der Waals surface area contributed by atoms with Crippen molar-refractivity contribution in [3.05, 3.63) is 42.6 Å². The lowest BCUT2D eigenvalue weighted by Crippen LogP contribution is -2.02. The van der Waals surface area contributed by atoms with Crippen LogP contribution >= 0.6 is 0 Å². The lowest BCUT2D eigenvalue weighted by atomic mass is 10.1. The number of aliphatic carboxylic acids is 1. The molecule has 5 nitrogen and oxygen atoms in total. The van der Waals surface area contributed by atoms with Crippen molar-refractivity contribution in [2.24, 2.45) is 0 Å². The van der Waals surface area contributed by atoms with E-state index in [1.54, 1.807) is 30.9 Å². The molecule has 0 radical (unpaired) electrons. The minimum Gasteiger partial charge on any atom is -0.481 e. The van der Waals surface area contributed by atoms with Gasteiger partial charge in [0.05, 0.1) is 18.3 Å². The molecule has 2 rings (SSSR count). The third-order valence-electron chi connectivity index (χ3n) is 2.08. The molecule has 0 spiro atoms. The minimum absolute atomic E-state index is 0.0697. The summed E-state index contributed by atoms with van der Waals surface area (Å²) in [7, 11) is 0. The second-order valence-corrected chi connectivity index (χ2v) is 3.19. The van der Waals surface area contributed by atoms with E-state index in [9.17, 15) is 4.79 Å². The first-order valence-corrected chi connectivity index (χ1v) is 4.68. The summed E-state index contributed by atoms with van der Waals surface area (Å²) in [6, 6.07) is 1.74. The Morgan fingerprint density at radius 2 is 2.00 bits per heavy atom. The standard InChI is InChI=1S/C11H9N3O2/c15-11(16)5-8-6-12-2-1-9(8)10-7-13-3-4-14-10/h1-4,6-7H,5H2,(H,15,16). The van der Waals surface area contributed by atoms with Gasteiger partial charge in [0.1, 0.15) is 0 Å². The number of carboxylic acids is 1. The fourth-order valence-electron chi connectivity index (χ4n) is 1.42. The summed E-state index contributed by atoms with van der Waals surface area (Å²) in [5.74, 6) is -0.891. The molecule has 2 heterocycles. The summed E-state index contributed by atoms with van der Waals surface area (Å²) in [4.78, 5) is 22.7. The molecule has 0 saturated carbocycles. The van der Waals surface area contributed by atoms with Crippen LogP contribution in [-0.4, -0.2) is 26.0 Å². The number of carboxylic acid groups (broad SMARTS) is 1. The summed E-state index contributed by atoms with van der Waals surface area (Å²) in [6.07, 6.45) is 7.82. The van der Waals surface area contributed by atoms with Crippen LogP contribution in [0.25, 0.3) is 11.3 Å². The van der Waals surface area contributed by atoms with Gasteiger partial charge < -0.3 is 5.11 Å². The molecule has 0 aliphatic carbocycles. The zero-order chi connectivity index (χ0) is 11.4. The fraction of sp³-hybridized carbons (Fsp3) is 0.0909. The number of hydrogen-bond donors (Lipinski definition) is 1. The van der Waals surface area contributed by atoms with E-state index >= 15 is 0 Å². The Hall–Kier alpha value is -2.30. The van der Waals surface area contributed by atoms with E-state index in [1.165, 1.54) is 6.20 Å². The monoisotopic (exact) mass is 215 g/mol. The summed E-state index contributed by atoms with van der Waals surface area (Å²) in [5.41, 5.74) is 2.04. The second kappa shape index (κ2) is 4.48. The SMILES string of the molecule is O=C(O)Cc1cnccc1-c1cnccn1. The zero-order valence-electron chi connectivity index (χ0n) is 8.37. The van der Waals surface area contributed by atoms with Gasteiger partial charge in [-0.25, -0.2) is 0 Å². The smallest absolute Gasteiger partial charge is 0.307 e. The van der Waals surface area contributed by atoms with Crippen LogP contribution in [0.2, 0.25) is 0 Å². The van der Waals surface area contributed by atoms with Crippen LogP contribution in [0.4, 0.5) is 0 Å². The molecule has 1 N–H and O–H groups in total. The summed E-state index contributed by atoms with van der Waals surface area (Å²) < 4.78 is 0. The van der Waals surface area contributed by atoms with Crippen LogP contribution < -0.4 is 0 Å². The van der Waals surface area contributed by atoms with Gasteiger partial charge in [0.15, 0.2) is 0 Å². The van der Waals surface area contributed by atoms with E-state index in [4.69, 9.17) is 5.11 Å². The number of nitrogens with zero attached hydrogens (tertiary/aromatic N) is 3. The van der Waals surface area contributed by atoms with Gasteiger partial charge >= 0.3 is 5.97 Å². The average Bonchev–Trinajstić information content (AvgIpc) is 2.30. The fourth-order valence-corrected chi connectivity index (χ4v) is 1.42. The first kappa shape index (κ1) is 10.2. The number of pyridine rings is 1. The quantitative estimate of drug-likeness (QED) is 0.831. The third-order valence-corrected chi connectivity index (χ3v) is 2.08. The van der Waals surface area contributed by atoms with Gasteiger partial charge in [0.2, 0.25) is 0 Å². The molecule has 0 aliphatic rings. The molecular weight excluding hydrogens is 206 g/mol. The van der Waals surface area contributed by atoms with Gasteiger partial charge in [-0.15, -0.1) is 0 Å². The lowest BCUT2D eigenvalue weighted by Gasteiger charge is -2.05. The number of hydrogen-bond acceptors (Lipinski definition) is 4. The molecule has 0 saturated heterocycles. The van der Waals surface area contributed by atoms with Crippen LogP contribution in [0.1, 0.15) is 5.56 Å². The van der Waals surface area contributed by atoms with Crippen molar-refractivity contribution in [2.45, 2.75) is 6.42 Å². The van der Waals surface area contributed by atoms with Crippen molar-refractivity contribution >= 4 is 5.97 Å². The Bertz CT molecular complexity index is 500. The van der Waals surface area contributed by atoms with E-state index in [0.29, 0.717) is 11.3 Å². The molecule has 0 fully saturated rings. The van der Waals surface area contributed by atoms with Crippen molar-refractivity contribution in [1.29, 1.82) is 0 Å². The molecule has 0 aliphatic heterocycles. The second-order valence-electron chi connectivity index (χ2n) is 3.19. The Balaban J connectivity index is 2.44. The molecule has 0 unspecified atom stereocenters. The highest BCUT2D eigenvalue weighted by molar-refractivity contribution is 5.74. The van der Waals surface area contributed by atoms with Gasteiger partial charge in [0, 0.05) is 30.4 Å². The van der Waals surface area contributed by atoms with Gasteiger partial charge in [-0.05, 0) is 11.6 Å². The summed E-state index contributed by atoms with van der Waals surface area (Å²) in [6.45, 7) is 0. The van der Waals surface area contributed by atoms with Gasteiger partial charge in [-0.3, -0.25) is 19.7 Å². The van der Waals surface area contributed by atoms with E-state index < -0.39 is 5.97 Å². The van der Waals surface area contributed by atoms with E-state index in [-0.39, 0.29) is 6.42 Å². The maximum absolute atomic E-state index is 10.7. The Kier molecular flexibility index (Phi) is 2.86. The topological polar surface area (TPSA) is 76.0 Å². The summed E-state index contributed by atoms with van der Waals surface area (Å²) in [5, 5.41) is 8.77. The molecule has 80 valence electrons. The maximum Gasteiger partial charge on any atom is 0.307 e. The average molecular weight is 215 g/mol. The Morgan fingerprint density at radius 1 is 1.19 bits per heavy atom. The van der Waals surface area contributed by atoms with E-state index in [0.717, 1.165) is 5.56 Å².